The lowest BCUT2D eigenvalue weighted by molar-refractivity contribution is -0.125. The molecule has 1 aromatic rings. The molecule has 0 aromatic carbocycles. The molecular weight excluding hydrogens is 346 g/mol. The Morgan fingerprint density at radius 2 is 2.15 bits per heavy atom. The number of ether oxygens (including phenoxy) is 1. The molecule has 5 heteroatoms. The highest BCUT2D eigenvalue weighted by Crippen LogP contribution is 2.49. The van der Waals surface area contributed by atoms with Gasteiger partial charge >= 0.3 is 5.97 Å². The predicted octanol–water partition coefficient (Wildman–Crippen LogP) is 3.97. The predicted molar refractivity (Wildman–Crippen MR) is 102 cm³/mol. The zero-order valence-corrected chi connectivity index (χ0v) is 16.6. The van der Waals surface area contributed by atoms with Crippen LogP contribution in [-0.2, 0) is 22.4 Å². The highest BCUT2D eigenvalue weighted by atomic mass is 32.1. The average Bonchev–Trinajstić information content (AvgIpc) is 3.33. The van der Waals surface area contributed by atoms with Gasteiger partial charge in [-0.05, 0) is 80.8 Å². The van der Waals surface area contributed by atoms with Crippen molar-refractivity contribution in [3.63, 3.8) is 0 Å². The lowest BCUT2D eigenvalue weighted by atomic mass is 9.84. The summed E-state index contributed by atoms with van der Waals surface area (Å²) in [6, 6.07) is 2.14. The average molecular weight is 376 g/mol. The maximum atomic E-state index is 12.3. The summed E-state index contributed by atoms with van der Waals surface area (Å²) in [7, 11) is 0. The smallest absolute Gasteiger partial charge is 0.348 e. The van der Waals surface area contributed by atoms with Crippen molar-refractivity contribution in [1.29, 1.82) is 0 Å². The van der Waals surface area contributed by atoms with E-state index < -0.39 is 0 Å². The van der Waals surface area contributed by atoms with Gasteiger partial charge in [-0.1, -0.05) is 13.3 Å². The normalized spacial score (nSPS) is 30.7. The van der Waals surface area contributed by atoms with Crippen LogP contribution in [0, 0.1) is 23.7 Å². The van der Waals surface area contributed by atoms with Crippen molar-refractivity contribution in [2.45, 2.75) is 64.8 Å². The molecule has 142 valence electrons. The fourth-order valence-corrected chi connectivity index (χ4v) is 6.42. The molecule has 1 amide bonds. The minimum absolute atomic E-state index is 0.173. The maximum Gasteiger partial charge on any atom is 0.348 e. The molecule has 4 nitrogen and oxygen atoms in total. The highest BCUT2D eigenvalue weighted by Gasteiger charge is 2.42. The van der Waals surface area contributed by atoms with Crippen LogP contribution in [0.15, 0.2) is 6.07 Å². The number of amides is 1. The second-order valence-electron chi connectivity index (χ2n) is 8.68. The largest absolute Gasteiger partial charge is 0.451 e. The van der Waals surface area contributed by atoms with E-state index in [0.717, 1.165) is 24.7 Å². The number of hydrogen-bond donors (Lipinski definition) is 1. The van der Waals surface area contributed by atoms with Gasteiger partial charge < -0.3 is 10.1 Å². The number of carbonyl (C=O) groups excluding carboxylic acids is 2. The molecule has 0 spiro atoms. The van der Waals surface area contributed by atoms with E-state index in [1.165, 1.54) is 53.9 Å². The van der Waals surface area contributed by atoms with Crippen molar-refractivity contribution < 1.29 is 14.3 Å². The lowest BCUT2D eigenvalue weighted by Crippen LogP contribution is -2.42. The van der Waals surface area contributed by atoms with Crippen LogP contribution < -0.4 is 5.32 Å². The first-order chi connectivity index (χ1) is 12.5. The van der Waals surface area contributed by atoms with E-state index in [-0.39, 0.29) is 24.5 Å². The molecule has 2 saturated carbocycles. The van der Waals surface area contributed by atoms with Gasteiger partial charge in [-0.25, -0.2) is 4.79 Å². The van der Waals surface area contributed by atoms with Gasteiger partial charge in [-0.15, -0.1) is 11.3 Å². The van der Waals surface area contributed by atoms with Crippen LogP contribution in [0.4, 0.5) is 0 Å². The fourth-order valence-electron chi connectivity index (χ4n) is 5.32. The number of nitrogens with one attached hydrogen (secondary N) is 1. The van der Waals surface area contributed by atoms with E-state index in [9.17, 15) is 9.59 Å². The number of fused-ring (bicyclic) bond motifs is 3. The van der Waals surface area contributed by atoms with Gasteiger partial charge in [0.05, 0.1) is 0 Å². The van der Waals surface area contributed by atoms with Gasteiger partial charge in [-0.2, -0.15) is 0 Å². The number of aryl methyl sites for hydroxylation is 1. The molecule has 3 aliphatic carbocycles. The van der Waals surface area contributed by atoms with Crippen LogP contribution in [-0.4, -0.2) is 24.5 Å². The Balaban J connectivity index is 1.26. The van der Waals surface area contributed by atoms with Crippen LogP contribution in [0.3, 0.4) is 0 Å². The third kappa shape index (κ3) is 3.68. The van der Waals surface area contributed by atoms with E-state index in [1.807, 2.05) is 6.07 Å². The van der Waals surface area contributed by atoms with Crippen molar-refractivity contribution in [1.82, 2.24) is 5.32 Å². The fraction of sp³-hybridized carbons (Fsp3) is 0.714. The molecule has 5 atom stereocenters. The summed E-state index contributed by atoms with van der Waals surface area (Å²) < 4.78 is 5.28. The molecule has 1 aromatic heterocycles. The third-order valence-electron chi connectivity index (χ3n) is 6.69. The van der Waals surface area contributed by atoms with Crippen molar-refractivity contribution in [3.05, 3.63) is 21.4 Å². The summed E-state index contributed by atoms with van der Waals surface area (Å²) in [6.07, 6.45) is 8.53. The van der Waals surface area contributed by atoms with E-state index in [2.05, 4.69) is 19.2 Å². The Hall–Kier alpha value is -1.36. The van der Waals surface area contributed by atoms with Crippen LogP contribution in [0.2, 0.25) is 0 Å². The molecule has 1 N–H and O–H groups in total. The topological polar surface area (TPSA) is 55.4 Å². The van der Waals surface area contributed by atoms with Crippen LogP contribution in [0.25, 0.3) is 0 Å². The first-order valence-corrected chi connectivity index (χ1v) is 10.9. The molecule has 0 saturated heterocycles. The van der Waals surface area contributed by atoms with Crippen molar-refractivity contribution in [3.8, 4) is 0 Å². The highest BCUT2D eigenvalue weighted by molar-refractivity contribution is 7.14. The molecular formula is C21H29NO3S. The minimum atomic E-state index is -0.361. The Labute approximate surface area is 159 Å². The van der Waals surface area contributed by atoms with Crippen molar-refractivity contribution >= 4 is 23.2 Å². The Morgan fingerprint density at radius 1 is 1.31 bits per heavy atom. The Morgan fingerprint density at radius 3 is 2.88 bits per heavy atom. The van der Waals surface area contributed by atoms with Gasteiger partial charge in [-0.3, -0.25) is 4.79 Å². The van der Waals surface area contributed by atoms with E-state index in [4.69, 9.17) is 4.74 Å². The molecule has 2 bridgehead atoms. The number of hydrogen-bond acceptors (Lipinski definition) is 4. The standard InChI is InChI=1S/C21H29NO3S/c1-12-3-6-18-16(7-12)10-19(26-18)21(24)25-11-20(23)22-13(2)17-9-14-4-5-15(17)8-14/h10,12-15,17H,3-9,11H2,1-2H3,(H,22,23). The monoisotopic (exact) mass is 375 g/mol. The first-order valence-electron chi connectivity index (χ1n) is 10.1. The van der Waals surface area contributed by atoms with Gasteiger partial charge in [0, 0.05) is 10.9 Å². The Bertz CT molecular complexity index is 697. The zero-order valence-electron chi connectivity index (χ0n) is 15.8. The summed E-state index contributed by atoms with van der Waals surface area (Å²) in [5, 5.41) is 3.06. The third-order valence-corrected chi connectivity index (χ3v) is 7.91. The van der Waals surface area contributed by atoms with E-state index >= 15 is 0 Å². The molecule has 0 aliphatic heterocycles. The van der Waals surface area contributed by atoms with Gasteiger partial charge in [0.25, 0.3) is 5.91 Å². The summed E-state index contributed by atoms with van der Waals surface area (Å²) in [5.41, 5.74) is 1.29. The van der Waals surface area contributed by atoms with Crippen LogP contribution in [0.1, 0.15) is 66.1 Å². The SMILES string of the molecule is CC1CCc2sc(C(=O)OCC(=O)NC(C)C3CC4CCC3C4)cc2C1. The minimum Gasteiger partial charge on any atom is -0.451 e. The van der Waals surface area contributed by atoms with Gasteiger partial charge in [0.15, 0.2) is 6.61 Å². The summed E-state index contributed by atoms with van der Waals surface area (Å²) in [6.45, 7) is 4.17. The quantitative estimate of drug-likeness (QED) is 0.792. The molecule has 0 radical (unpaired) electrons. The lowest BCUT2D eigenvalue weighted by Gasteiger charge is -2.28. The number of carbonyl (C=O) groups is 2. The zero-order chi connectivity index (χ0) is 18.3. The summed E-state index contributed by atoms with van der Waals surface area (Å²) in [4.78, 5) is 26.5. The number of rotatable bonds is 5. The van der Waals surface area contributed by atoms with Gasteiger partial charge in [0.2, 0.25) is 0 Å². The maximum absolute atomic E-state index is 12.3. The summed E-state index contributed by atoms with van der Waals surface area (Å²) in [5.74, 6) is 2.38. The number of esters is 1. The second-order valence-corrected chi connectivity index (χ2v) is 9.81. The molecule has 5 unspecified atom stereocenters. The van der Waals surface area contributed by atoms with Crippen molar-refractivity contribution in [2.75, 3.05) is 6.61 Å². The molecule has 26 heavy (non-hydrogen) atoms. The summed E-state index contributed by atoms with van der Waals surface area (Å²) >= 11 is 1.53. The Kier molecular flexibility index (Phi) is 5.09. The van der Waals surface area contributed by atoms with Crippen LogP contribution in [0.5, 0.6) is 0 Å². The number of thiophene rings is 1. The molecule has 4 rings (SSSR count). The second kappa shape index (κ2) is 7.34. The van der Waals surface area contributed by atoms with Crippen LogP contribution >= 0.6 is 11.3 Å². The van der Waals surface area contributed by atoms with E-state index in [1.54, 1.807) is 0 Å². The van der Waals surface area contributed by atoms with E-state index in [0.29, 0.717) is 16.7 Å². The molecule has 1 heterocycles. The van der Waals surface area contributed by atoms with Gasteiger partial charge in [0.1, 0.15) is 4.88 Å². The first kappa shape index (κ1) is 18.0. The molecule has 2 fully saturated rings. The molecule has 3 aliphatic rings. The van der Waals surface area contributed by atoms with Crippen molar-refractivity contribution in [2.24, 2.45) is 23.7 Å².